The second kappa shape index (κ2) is 13.0. The van der Waals surface area contributed by atoms with Crippen molar-refractivity contribution >= 4 is 17.8 Å². The van der Waals surface area contributed by atoms with Crippen molar-refractivity contribution in [3.8, 4) is 16.9 Å². The lowest BCUT2D eigenvalue weighted by Gasteiger charge is -2.22. The molecule has 3 aromatic carbocycles. The third-order valence-corrected chi connectivity index (χ3v) is 6.56. The summed E-state index contributed by atoms with van der Waals surface area (Å²) in [6.45, 7) is 0. The van der Waals surface area contributed by atoms with Crippen LogP contribution in [-0.2, 0) is 16.0 Å². The molecule has 4 rings (SSSR count). The first-order valence-corrected chi connectivity index (χ1v) is 12.6. The van der Waals surface area contributed by atoms with E-state index in [9.17, 15) is 24.6 Å². The Hall–Kier alpha value is -4.25. The van der Waals surface area contributed by atoms with Crippen molar-refractivity contribution in [2.45, 2.75) is 43.6 Å². The second-order valence-corrected chi connectivity index (χ2v) is 9.37. The van der Waals surface area contributed by atoms with Gasteiger partial charge in [-0.2, -0.15) is 0 Å². The molecule has 204 valence electrons. The lowest BCUT2D eigenvalue weighted by molar-refractivity contribution is -0.147. The van der Waals surface area contributed by atoms with Gasteiger partial charge in [-0.05, 0) is 35.2 Å². The molecule has 3 aromatic rings. The molecule has 0 spiro atoms. The molecule has 0 bridgehead atoms. The molecule has 0 saturated carbocycles. The quantitative estimate of drug-likeness (QED) is 0.219. The fraction of sp³-hybridized carbons (Fsp3) is 0.276. The Morgan fingerprint density at radius 2 is 1.62 bits per heavy atom. The number of nitrogens with one attached hydrogen (secondary N) is 4. The van der Waals surface area contributed by atoms with Crippen molar-refractivity contribution in [1.82, 2.24) is 21.5 Å². The monoisotopic (exact) mass is 532 g/mol. The van der Waals surface area contributed by atoms with Gasteiger partial charge in [0.1, 0.15) is 11.8 Å². The van der Waals surface area contributed by atoms with Crippen molar-refractivity contribution in [2.24, 2.45) is 0 Å². The summed E-state index contributed by atoms with van der Waals surface area (Å²) in [5.74, 6) is -1.64. The van der Waals surface area contributed by atoms with Crippen LogP contribution < -0.4 is 26.2 Å². The van der Waals surface area contributed by atoms with Crippen molar-refractivity contribution < 1.29 is 29.3 Å². The SMILES string of the molecule is COc1ccccc1C(=O)NC1CC(C(=O)NC(Cc2ccc(-c3ccccc3)cc2)C[C@@H](O)C(=O)O)NN1. The van der Waals surface area contributed by atoms with Crippen LogP contribution in [0.3, 0.4) is 0 Å². The number of para-hydroxylation sites is 1. The first kappa shape index (κ1) is 27.8. The summed E-state index contributed by atoms with van der Waals surface area (Å²) in [6.07, 6.45) is -1.71. The minimum Gasteiger partial charge on any atom is -0.496 e. The number of methoxy groups -OCH3 is 1. The molecule has 1 aliphatic heterocycles. The number of benzene rings is 3. The normalized spacial score (nSPS) is 18.1. The first-order chi connectivity index (χ1) is 18.8. The van der Waals surface area contributed by atoms with Gasteiger partial charge < -0.3 is 25.6 Å². The number of carbonyl (C=O) groups excluding carboxylic acids is 2. The van der Waals surface area contributed by atoms with Gasteiger partial charge in [-0.15, -0.1) is 0 Å². The third kappa shape index (κ3) is 7.41. The van der Waals surface area contributed by atoms with Gasteiger partial charge in [0.15, 0.2) is 6.10 Å². The molecule has 1 saturated heterocycles. The second-order valence-electron chi connectivity index (χ2n) is 9.37. The number of aliphatic carboxylic acids is 1. The van der Waals surface area contributed by atoms with Crippen LogP contribution in [-0.4, -0.2) is 59.5 Å². The average Bonchev–Trinajstić information content (AvgIpc) is 3.42. The number of hydrazine groups is 1. The molecule has 39 heavy (non-hydrogen) atoms. The highest BCUT2D eigenvalue weighted by atomic mass is 16.5. The number of carboxylic acid groups (broad SMARTS) is 1. The molecule has 10 nitrogen and oxygen atoms in total. The van der Waals surface area contributed by atoms with Gasteiger partial charge in [-0.1, -0.05) is 66.7 Å². The van der Waals surface area contributed by atoms with Gasteiger partial charge in [-0.25, -0.2) is 15.6 Å². The Morgan fingerprint density at radius 3 is 2.31 bits per heavy atom. The highest BCUT2D eigenvalue weighted by Crippen LogP contribution is 2.21. The third-order valence-electron chi connectivity index (χ3n) is 6.56. The molecule has 1 aliphatic rings. The Labute approximate surface area is 226 Å². The van der Waals surface area contributed by atoms with E-state index < -0.39 is 30.3 Å². The Kier molecular flexibility index (Phi) is 9.27. The fourth-order valence-electron chi connectivity index (χ4n) is 4.50. The zero-order valence-corrected chi connectivity index (χ0v) is 21.5. The highest BCUT2D eigenvalue weighted by Gasteiger charge is 2.32. The fourth-order valence-corrected chi connectivity index (χ4v) is 4.50. The number of ether oxygens (including phenoxy) is 1. The zero-order chi connectivity index (χ0) is 27.8. The van der Waals surface area contributed by atoms with Crippen molar-refractivity contribution in [2.75, 3.05) is 7.11 Å². The number of hydrogen-bond acceptors (Lipinski definition) is 7. The largest absolute Gasteiger partial charge is 0.496 e. The average molecular weight is 533 g/mol. The minimum absolute atomic E-state index is 0.157. The molecule has 10 heteroatoms. The van der Waals surface area contributed by atoms with Crippen LogP contribution in [0.5, 0.6) is 5.75 Å². The number of aliphatic hydroxyl groups excluding tert-OH is 1. The van der Waals surface area contributed by atoms with E-state index in [-0.39, 0.29) is 24.7 Å². The Bertz CT molecular complexity index is 1280. The number of hydrogen-bond donors (Lipinski definition) is 6. The van der Waals surface area contributed by atoms with E-state index in [0.717, 1.165) is 16.7 Å². The van der Waals surface area contributed by atoms with Gasteiger partial charge in [-0.3, -0.25) is 9.59 Å². The minimum atomic E-state index is -1.62. The zero-order valence-electron chi connectivity index (χ0n) is 21.5. The summed E-state index contributed by atoms with van der Waals surface area (Å²) < 4.78 is 5.24. The molecule has 0 radical (unpaired) electrons. The van der Waals surface area contributed by atoms with Crippen molar-refractivity contribution in [1.29, 1.82) is 0 Å². The van der Waals surface area contributed by atoms with E-state index >= 15 is 0 Å². The number of amides is 2. The summed E-state index contributed by atoms with van der Waals surface area (Å²) >= 11 is 0. The predicted molar refractivity (Wildman–Crippen MR) is 145 cm³/mol. The van der Waals surface area contributed by atoms with Crippen LogP contribution in [0.25, 0.3) is 11.1 Å². The van der Waals surface area contributed by atoms with Crippen LogP contribution in [0.2, 0.25) is 0 Å². The molecule has 0 aliphatic carbocycles. The van der Waals surface area contributed by atoms with Crippen LogP contribution in [0.15, 0.2) is 78.9 Å². The number of carbonyl (C=O) groups is 3. The van der Waals surface area contributed by atoms with Gasteiger partial charge in [0.05, 0.1) is 18.8 Å². The van der Waals surface area contributed by atoms with E-state index in [1.807, 2.05) is 54.6 Å². The summed E-state index contributed by atoms with van der Waals surface area (Å²) in [5.41, 5.74) is 9.14. The maximum absolute atomic E-state index is 13.1. The van der Waals surface area contributed by atoms with Gasteiger partial charge >= 0.3 is 5.97 Å². The molecule has 6 N–H and O–H groups in total. The van der Waals surface area contributed by atoms with Crippen LogP contribution >= 0.6 is 0 Å². The van der Waals surface area contributed by atoms with E-state index in [0.29, 0.717) is 17.7 Å². The Balaban J connectivity index is 1.37. The molecular formula is C29H32N4O6. The molecule has 0 aromatic heterocycles. The summed E-state index contributed by atoms with van der Waals surface area (Å²) in [7, 11) is 1.48. The summed E-state index contributed by atoms with van der Waals surface area (Å²) in [4.78, 5) is 37.1. The standard InChI is InChI=1S/C29H32N4O6/c1-39-25-10-6-5-9-22(25)27(35)31-26-17-23(32-33-26)28(36)30-21(16-24(34)29(37)38)15-18-11-13-20(14-12-18)19-7-3-2-4-8-19/h2-14,21,23-24,26,32-34H,15-17H2,1H3,(H,30,36)(H,31,35)(H,37,38)/t21?,23?,24-,26?/m1/s1. The molecule has 1 fully saturated rings. The van der Waals surface area contributed by atoms with Gasteiger partial charge in [0, 0.05) is 18.9 Å². The van der Waals surface area contributed by atoms with Crippen LogP contribution in [0, 0.1) is 0 Å². The predicted octanol–water partition coefficient (Wildman–Crippen LogP) is 1.85. The van der Waals surface area contributed by atoms with E-state index in [1.165, 1.54) is 7.11 Å². The first-order valence-electron chi connectivity index (χ1n) is 12.6. The van der Waals surface area contributed by atoms with Gasteiger partial charge in [0.25, 0.3) is 5.91 Å². The summed E-state index contributed by atoms with van der Waals surface area (Å²) in [5, 5.41) is 24.9. The molecule has 1 heterocycles. The smallest absolute Gasteiger partial charge is 0.332 e. The van der Waals surface area contributed by atoms with E-state index in [1.54, 1.807) is 24.3 Å². The number of rotatable bonds is 11. The van der Waals surface area contributed by atoms with Crippen molar-refractivity contribution in [3.05, 3.63) is 90.0 Å². The molecular weight excluding hydrogens is 500 g/mol. The number of aliphatic hydroxyl groups is 1. The van der Waals surface area contributed by atoms with E-state index in [4.69, 9.17) is 4.74 Å². The highest BCUT2D eigenvalue weighted by molar-refractivity contribution is 5.97. The maximum Gasteiger partial charge on any atom is 0.332 e. The van der Waals surface area contributed by atoms with Gasteiger partial charge in [0.2, 0.25) is 5.91 Å². The Morgan fingerprint density at radius 1 is 0.949 bits per heavy atom. The van der Waals surface area contributed by atoms with E-state index in [2.05, 4.69) is 21.5 Å². The van der Waals surface area contributed by atoms with Crippen LogP contribution in [0.4, 0.5) is 0 Å². The van der Waals surface area contributed by atoms with Crippen molar-refractivity contribution in [3.63, 3.8) is 0 Å². The van der Waals surface area contributed by atoms with Crippen LogP contribution in [0.1, 0.15) is 28.8 Å². The summed E-state index contributed by atoms with van der Waals surface area (Å²) in [6, 6.07) is 23.2. The molecule has 3 unspecified atom stereocenters. The lowest BCUT2D eigenvalue weighted by Crippen LogP contribution is -2.49. The maximum atomic E-state index is 13.1. The molecule has 4 atom stereocenters. The number of carboxylic acids is 1. The molecule has 2 amide bonds. The lowest BCUT2D eigenvalue weighted by atomic mass is 9.97. The topological polar surface area (TPSA) is 149 Å².